The number of carbonyl (C=O) groups is 2. The molecule has 0 bridgehead atoms. The van der Waals surface area contributed by atoms with Gasteiger partial charge in [0.15, 0.2) is 5.13 Å². The number of ketones is 1. The van der Waals surface area contributed by atoms with Gasteiger partial charge < -0.3 is 9.84 Å². The number of nitro groups is 1. The summed E-state index contributed by atoms with van der Waals surface area (Å²) in [6, 6.07) is 14.1. The highest BCUT2D eigenvalue weighted by molar-refractivity contribution is 7.22. The zero-order chi connectivity index (χ0) is 25.6. The molecule has 1 aromatic heterocycles. The molecule has 3 aromatic carbocycles. The molecule has 1 amide bonds. The van der Waals surface area contributed by atoms with E-state index in [1.807, 2.05) is 0 Å². The van der Waals surface area contributed by atoms with Gasteiger partial charge in [-0.05, 0) is 48.0 Å². The molecule has 5 rings (SSSR count). The number of aromatic nitrogens is 1. The first-order valence-electron chi connectivity index (χ1n) is 10.5. The number of rotatable bonds is 5. The summed E-state index contributed by atoms with van der Waals surface area (Å²) in [4.78, 5) is 43.0. The van der Waals surface area contributed by atoms with Crippen LogP contribution in [-0.4, -0.2) is 33.8 Å². The Bertz CT molecular complexity index is 1580. The van der Waals surface area contributed by atoms with Crippen LogP contribution in [0, 0.1) is 15.9 Å². The van der Waals surface area contributed by atoms with E-state index in [2.05, 4.69) is 4.98 Å². The lowest BCUT2D eigenvalue weighted by molar-refractivity contribution is -0.384. The van der Waals surface area contributed by atoms with Gasteiger partial charge in [-0.3, -0.25) is 24.6 Å². The molecule has 9 nitrogen and oxygen atoms in total. The molecule has 1 fully saturated rings. The van der Waals surface area contributed by atoms with E-state index in [1.54, 1.807) is 18.2 Å². The van der Waals surface area contributed by atoms with Gasteiger partial charge in [0, 0.05) is 17.7 Å². The van der Waals surface area contributed by atoms with Crippen LogP contribution in [0.1, 0.15) is 17.2 Å². The van der Waals surface area contributed by atoms with Gasteiger partial charge in [-0.25, -0.2) is 9.37 Å². The van der Waals surface area contributed by atoms with Crippen LogP contribution < -0.4 is 9.64 Å². The third kappa shape index (κ3) is 3.85. The van der Waals surface area contributed by atoms with Gasteiger partial charge in [0.2, 0.25) is 0 Å². The Balaban J connectivity index is 1.74. The number of ether oxygens (including phenoxy) is 1. The first-order chi connectivity index (χ1) is 17.3. The summed E-state index contributed by atoms with van der Waals surface area (Å²) in [6.07, 6.45) is 0. The first kappa shape index (κ1) is 23.1. The molecule has 2 heterocycles. The van der Waals surface area contributed by atoms with Crippen LogP contribution in [-0.2, 0) is 9.59 Å². The normalized spacial score (nSPS) is 17.1. The fourth-order valence-electron chi connectivity index (χ4n) is 4.04. The maximum absolute atomic E-state index is 13.5. The number of fused-ring (bicyclic) bond motifs is 1. The molecule has 4 aromatic rings. The quantitative estimate of drug-likeness (QED) is 0.133. The van der Waals surface area contributed by atoms with Crippen LogP contribution in [0.5, 0.6) is 5.75 Å². The number of aliphatic hydroxyl groups is 1. The van der Waals surface area contributed by atoms with Gasteiger partial charge in [0.1, 0.15) is 17.3 Å². The monoisotopic (exact) mass is 505 g/mol. The Kier molecular flexibility index (Phi) is 5.69. The number of anilines is 1. The van der Waals surface area contributed by atoms with E-state index in [1.165, 1.54) is 43.5 Å². The predicted octanol–water partition coefficient (Wildman–Crippen LogP) is 4.98. The second kappa shape index (κ2) is 8.86. The molecule has 36 heavy (non-hydrogen) atoms. The number of amides is 1. The lowest BCUT2D eigenvalue weighted by atomic mass is 9.95. The number of methoxy groups -OCH3 is 1. The predicted molar refractivity (Wildman–Crippen MR) is 130 cm³/mol. The van der Waals surface area contributed by atoms with Crippen molar-refractivity contribution in [1.82, 2.24) is 4.98 Å². The van der Waals surface area contributed by atoms with Crippen molar-refractivity contribution in [2.24, 2.45) is 0 Å². The summed E-state index contributed by atoms with van der Waals surface area (Å²) in [5.74, 6) is -2.46. The topological polar surface area (TPSA) is 123 Å². The van der Waals surface area contributed by atoms with Crippen molar-refractivity contribution in [3.05, 3.63) is 99.4 Å². The van der Waals surface area contributed by atoms with Crippen molar-refractivity contribution in [3.8, 4) is 5.75 Å². The number of halogens is 1. The van der Waals surface area contributed by atoms with Crippen molar-refractivity contribution < 1.29 is 28.7 Å². The highest BCUT2D eigenvalue weighted by atomic mass is 32.1. The highest BCUT2D eigenvalue weighted by Gasteiger charge is 2.48. The van der Waals surface area contributed by atoms with E-state index in [0.29, 0.717) is 16.0 Å². The number of Topliss-reactive ketones (excluding diaryl/α,β-unsaturated/α-hetero) is 1. The molecule has 1 N–H and O–H groups in total. The maximum Gasteiger partial charge on any atom is 0.301 e. The Morgan fingerprint density at radius 2 is 1.89 bits per heavy atom. The van der Waals surface area contributed by atoms with Gasteiger partial charge in [-0.1, -0.05) is 23.5 Å². The van der Waals surface area contributed by atoms with Crippen LogP contribution in [0.25, 0.3) is 16.0 Å². The van der Waals surface area contributed by atoms with Crippen molar-refractivity contribution in [2.75, 3.05) is 12.0 Å². The smallest absolute Gasteiger partial charge is 0.301 e. The van der Waals surface area contributed by atoms with Crippen molar-refractivity contribution in [1.29, 1.82) is 0 Å². The molecule has 0 saturated carbocycles. The number of thiazole rings is 1. The Morgan fingerprint density at radius 1 is 1.14 bits per heavy atom. The van der Waals surface area contributed by atoms with E-state index >= 15 is 0 Å². The van der Waals surface area contributed by atoms with E-state index < -0.39 is 34.2 Å². The Labute approximate surface area is 206 Å². The molecular formula is C25H16FN3O6S. The largest absolute Gasteiger partial charge is 0.507 e. The number of hydrogen-bond acceptors (Lipinski definition) is 8. The third-order valence-electron chi connectivity index (χ3n) is 5.75. The SMILES string of the molecule is COc1ccc2nc(N3C(=O)C(=O)/C(=C(/O)c4ccc(F)cc4)[C@@H]3c3cccc([N+](=O)[O-])c3)sc2c1. The molecule has 1 aliphatic rings. The van der Waals surface area contributed by atoms with Crippen molar-refractivity contribution in [2.45, 2.75) is 6.04 Å². The number of non-ortho nitro benzene ring substituents is 1. The molecule has 1 aliphatic heterocycles. The zero-order valence-electron chi connectivity index (χ0n) is 18.5. The van der Waals surface area contributed by atoms with Crippen LogP contribution in [0.4, 0.5) is 15.2 Å². The molecule has 11 heteroatoms. The number of aliphatic hydroxyl groups excluding tert-OH is 1. The zero-order valence-corrected chi connectivity index (χ0v) is 19.4. The Hall–Kier alpha value is -4.64. The summed E-state index contributed by atoms with van der Waals surface area (Å²) >= 11 is 1.12. The standard InChI is InChI=1S/C25H16FN3O6S/c1-35-17-9-10-18-19(12-17)36-25(27-18)28-21(14-3-2-4-16(11-14)29(33)34)20(23(31)24(28)32)22(30)13-5-7-15(26)8-6-13/h2-12,21,30H,1H3/b22-20+/t21-/m0/s1. The van der Waals surface area contributed by atoms with Crippen LogP contribution >= 0.6 is 11.3 Å². The van der Waals surface area contributed by atoms with E-state index in [4.69, 9.17) is 4.74 Å². The van der Waals surface area contributed by atoms with Crippen molar-refractivity contribution >= 4 is 49.8 Å². The number of carbonyl (C=O) groups excluding carboxylic acids is 2. The highest BCUT2D eigenvalue weighted by Crippen LogP contribution is 2.45. The Morgan fingerprint density at radius 3 is 2.58 bits per heavy atom. The average molecular weight is 505 g/mol. The van der Waals surface area contributed by atoms with Gasteiger partial charge >= 0.3 is 5.91 Å². The molecule has 0 unspecified atom stereocenters. The molecule has 0 radical (unpaired) electrons. The lowest BCUT2D eigenvalue weighted by Crippen LogP contribution is -2.29. The summed E-state index contributed by atoms with van der Waals surface area (Å²) in [5, 5.41) is 22.7. The second-order valence-corrected chi connectivity index (χ2v) is 8.87. The fourth-order valence-corrected chi connectivity index (χ4v) is 5.06. The van der Waals surface area contributed by atoms with Gasteiger partial charge in [0.05, 0.1) is 33.9 Å². The van der Waals surface area contributed by atoms with E-state index in [9.17, 15) is 29.2 Å². The minimum atomic E-state index is -1.21. The summed E-state index contributed by atoms with van der Waals surface area (Å²) in [5.41, 5.74) is 0.342. The minimum absolute atomic E-state index is 0.110. The average Bonchev–Trinajstić information content (AvgIpc) is 3.41. The number of benzene rings is 3. The third-order valence-corrected chi connectivity index (χ3v) is 6.77. The molecule has 0 spiro atoms. The maximum atomic E-state index is 13.5. The molecule has 1 saturated heterocycles. The van der Waals surface area contributed by atoms with E-state index in [-0.39, 0.29) is 27.5 Å². The van der Waals surface area contributed by atoms with Gasteiger partial charge in [-0.2, -0.15) is 0 Å². The van der Waals surface area contributed by atoms with Crippen molar-refractivity contribution in [3.63, 3.8) is 0 Å². The molecular weight excluding hydrogens is 489 g/mol. The summed E-state index contributed by atoms with van der Waals surface area (Å²) < 4.78 is 19.4. The number of nitrogens with zero attached hydrogens (tertiary/aromatic N) is 3. The second-order valence-electron chi connectivity index (χ2n) is 7.86. The number of hydrogen-bond donors (Lipinski definition) is 1. The first-order valence-corrected chi connectivity index (χ1v) is 11.4. The van der Waals surface area contributed by atoms with Crippen LogP contribution in [0.15, 0.2) is 72.3 Å². The van der Waals surface area contributed by atoms with E-state index in [0.717, 1.165) is 28.4 Å². The van der Waals surface area contributed by atoms with Gasteiger partial charge in [0.25, 0.3) is 11.5 Å². The molecule has 180 valence electrons. The summed E-state index contributed by atoms with van der Waals surface area (Å²) in [6.45, 7) is 0. The minimum Gasteiger partial charge on any atom is -0.507 e. The lowest BCUT2D eigenvalue weighted by Gasteiger charge is -2.22. The van der Waals surface area contributed by atoms with Crippen LogP contribution in [0.2, 0.25) is 0 Å². The number of nitro benzene ring substituents is 1. The van der Waals surface area contributed by atoms with Gasteiger partial charge in [-0.15, -0.1) is 0 Å². The van der Waals surface area contributed by atoms with Crippen LogP contribution in [0.3, 0.4) is 0 Å². The fraction of sp³-hybridized carbons (Fsp3) is 0.0800. The molecule has 1 atom stereocenters. The molecule has 0 aliphatic carbocycles. The summed E-state index contributed by atoms with van der Waals surface area (Å²) in [7, 11) is 1.51.